The highest BCUT2D eigenvalue weighted by atomic mass is 79.9. The van der Waals surface area contributed by atoms with E-state index in [1.807, 2.05) is 12.1 Å². The van der Waals surface area contributed by atoms with Gasteiger partial charge in [0.1, 0.15) is 5.75 Å². The van der Waals surface area contributed by atoms with Crippen LogP contribution >= 0.6 is 15.9 Å². The molecule has 1 aromatic carbocycles. The maximum absolute atomic E-state index is 5.14. The molecule has 0 spiro atoms. The van der Waals surface area contributed by atoms with Crippen molar-refractivity contribution in [2.75, 3.05) is 20.2 Å². The molecule has 1 fully saturated rings. The average molecular weight is 284 g/mol. The van der Waals surface area contributed by atoms with Gasteiger partial charge in [0.05, 0.1) is 11.4 Å². The number of rotatable bonds is 4. The zero-order chi connectivity index (χ0) is 11.6. The molecule has 0 amide bonds. The predicted molar refractivity (Wildman–Crippen MR) is 70.2 cm³/mol. The zero-order valence-corrected chi connectivity index (χ0v) is 11.5. The van der Waals surface area contributed by atoms with Crippen LogP contribution in [0.5, 0.6) is 5.75 Å². The molecule has 1 heterocycles. The molecule has 1 aromatic rings. The fraction of sp³-hybridized carbons (Fsp3) is 0.538. The molecule has 0 aromatic heterocycles. The summed E-state index contributed by atoms with van der Waals surface area (Å²) in [6, 6.07) is 8.32. The van der Waals surface area contributed by atoms with E-state index >= 15 is 0 Å². The first-order valence-corrected chi connectivity index (χ1v) is 6.49. The van der Waals surface area contributed by atoms with Crippen molar-refractivity contribution in [3.63, 3.8) is 0 Å². The second-order valence-corrected chi connectivity index (χ2v) is 6.18. The van der Waals surface area contributed by atoms with E-state index in [4.69, 9.17) is 4.74 Å². The summed E-state index contributed by atoms with van der Waals surface area (Å²) in [4.78, 5) is 2.46. The molecule has 0 unspecified atom stereocenters. The first kappa shape index (κ1) is 11.9. The third kappa shape index (κ3) is 2.58. The van der Waals surface area contributed by atoms with Crippen LogP contribution in [0.4, 0.5) is 0 Å². The van der Waals surface area contributed by atoms with Gasteiger partial charge in [0.2, 0.25) is 0 Å². The van der Waals surface area contributed by atoms with E-state index in [1.165, 1.54) is 12.0 Å². The van der Waals surface area contributed by atoms with Gasteiger partial charge in [-0.25, -0.2) is 0 Å². The molecule has 1 aliphatic rings. The van der Waals surface area contributed by atoms with Crippen molar-refractivity contribution in [1.82, 2.24) is 4.90 Å². The van der Waals surface area contributed by atoms with Gasteiger partial charge in [-0.1, -0.05) is 35.0 Å². The van der Waals surface area contributed by atoms with E-state index in [0.29, 0.717) is 4.32 Å². The molecular weight excluding hydrogens is 266 g/mol. The van der Waals surface area contributed by atoms with Gasteiger partial charge in [0, 0.05) is 19.6 Å². The van der Waals surface area contributed by atoms with Crippen LogP contribution in [0.25, 0.3) is 0 Å². The van der Waals surface area contributed by atoms with Crippen LogP contribution in [-0.4, -0.2) is 29.4 Å². The Morgan fingerprint density at radius 2 is 1.94 bits per heavy atom. The molecule has 0 atom stereocenters. The number of methoxy groups -OCH3 is 1. The van der Waals surface area contributed by atoms with Crippen molar-refractivity contribution < 1.29 is 4.74 Å². The number of nitrogens with zero attached hydrogens (tertiary/aromatic N) is 1. The Morgan fingerprint density at radius 3 is 2.44 bits per heavy atom. The lowest BCUT2D eigenvalue weighted by Crippen LogP contribution is -2.56. The largest absolute Gasteiger partial charge is 0.497 e. The first-order chi connectivity index (χ1) is 7.65. The summed E-state index contributed by atoms with van der Waals surface area (Å²) < 4.78 is 5.52. The van der Waals surface area contributed by atoms with E-state index < -0.39 is 0 Å². The van der Waals surface area contributed by atoms with E-state index in [1.54, 1.807) is 7.11 Å². The van der Waals surface area contributed by atoms with Crippen LogP contribution in [-0.2, 0) is 6.54 Å². The molecule has 0 aliphatic carbocycles. The van der Waals surface area contributed by atoms with Crippen molar-refractivity contribution >= 4 is 15.9 Å². The molecule has 0 N–H and O–H groups in total. The van der Waals surface area contributed by atoms with Crippen molar-refractivity contribution in [2.45, 2.75) is 24.2 Å². The minimum atomic E-state index is 0.374. The second kappa shape index (κ2) is 4.76. The lowest BCUT2D eigenvalue weighted by Gasteiger charge is -2.46. The maximum Gasteiger partial charge on any atom is 0.118 e. The Kier molecular flexibility index (Phi) is 3.55. The number of ether oxygens (including phenoxy) is 1. The SMILES string of the molecule is CCC1(Br)CN(Cc2ccc(OC)cc2)C1. The minimum Gasteiger partial charge on any atom is -0.497 e. The number of hydrogen-bond acceptors (Lipinski definition) is 2. The minimum absolute atomic E-state index is 0.374. The molecule has 1 aliphatic heterocycles. The van der Waals surface area contributed by atoms with Gasteiger partial charge < -0.3 is 4.74 Å². The fourth-order valence-corrected chi connectivity index (χ4v) is 2.79. The first-order valence-electron chi connectivity index (χ1n) is 5.69. The molecule has 16 heavy (non-hydrogen) atoms. The van der Waals surface area contributed by atoms with Crippen LogP contribution in [0.2, 0.25) is 0 Å². The topological polar surface area (TPSA) is 12.5 Å². The van der Waals surface area contributed by atoms with Gasteiger partial charge in [-0.2, -0.15) is 0 Å². The number of halogens is 1. The summed E-state index contributed by atoms with van der Waals surface area (Å²) in [5.74, 6) is 0.927. The molecule has 88 valence electrons. The average Bonchev–Trinajstić information content (AvgIpc) is 2.28. The molecule has 2 nitrogen and oxygen atoms in total. The van der Waals surface area contributed by atoms with E-state index in [0.717, 1.165) is 25.4 Å². The van der Waals surface area contributed by atoms with Crippen LogP contribution in [0, 0.1) is 0 Å². The Morgan fingerprint density at radius 1 is 1.31 bits per heavy atom. The third-order valence-electron chi connectivity index (χ3n) is 3.21. The number of hydrogen-bond donors (Lipinski definition) is 0. The summed E-state index contributed by atoms with van der Waals surface area (Å²) in [5.41, 5.74) is 1.35. The summed E-state index contributed by atoms with van der Waals surface area (Å²) in [5, 5.41) is 0. The highest BCUT2D eigenvalue weighted by Gasteiger charge is 2.38. The number of benzene rings is 1. The quantitative estimate of drug-likeness (QED) is 0.788. The molecular formula is C13H18BrNO. The lowest BCUT2D eigenvalue weighted by molar-refractivity contribution is 0.120. The molecule has 0 bridgehead atoms. The number of likely N-dealkylation sites (tertiary alicyclic amines) is 1. The summed E-state index contributed by atoms with van der Waals surface area (Å²) in [6.07, 6.45) is 1.20. The predicted octanol–water partition coefficient (Wildman–Crippen LogP) is 3.05. The lowest BCUT2D eigenvalue weighted by atomic mass is 9.96. The van der Waals surface area contributed by atoms with Crippen LogP contribution in [0.3, 0.4) is 0 Å². The zero-order valence-electron chi connectivity index (χ0n) is 9.87. The van der Waals surface area contributed by atoms with Gasteiger partial charge in [0.15, 0.2) is 0 Å². The Balaban J connectivity index is 1.87. The smallest absolute Gasteiger partial charge is 0.118 e. The third-order valence-corrected chi connectivity index (χ3v) is 4.28. The molecule has 3 heteroatoms. The maximum atomic E-state index is 5.14. The van der Waals surface area contributed by atoms with Crippen molar-refractivity contribution in [3.05, 3.63) is 29.8 Å². The van der Waals surface area contributed by atoms with E-state index in [-0.39, 0.29) is 0 Å². The van der Waals surface area contributed by atoms with Gasteiger partial charge in [0.25, 0.3) is 0 Å². The van der Waals surface area contributed by atoms with Crippen molar-refractivity contribution in [1.29, 1.82) is 0 Å². The van der Waals surface area contributed by atoms with Gasteiger partial charge >= 0.3 is 0 Å². The van der Waals surface area contributed by atoms with Crippen LogP contribution in [0.15, 0.2) is 24.3 Å². The van der Waals surface area contributed by atoms with E-state index in [9.17, 15) is 0 Å². The highest BCUT2D eigenvalue weighted by molar-refractivity contribution is 9.10. The summed E-state index contributed by atoms with van der Waals surface area (Å²) in [7, 11) is 1.70. The summed E-state index contributed by atoms with van der Waals surface area (Å²) >= 11 is 3.78. The van der Waals surface area contributed by atoms with Crippen LogP contribution < -0.4 is 4.74 Å². The fourth-order valence-electron chi connectivity index (χ4n) is 2.08. The van der Waals surface area contributed by atoms with E-state index in [2.05, 4.69) is 39.9 Å². The Hall–Kier alpha value is -0.540. The standard InChI is InChI=1S/C13H18BrNO/c1-3-13(14)9-15(10-13)8-11-4-6-12(16-2)7-5-11/h4-7H,3,8-10H2,1-2H3. The molecule has 0 saturated carbocycles. The highest BCUT2D eigenvalue weighted by Crippen LogP contribution is 2.34. The summed E-state index contributed by atoms with van der Waals surface area (Å²) in [6.45, 7) is 5.57. The molecule has 2 rings (SSSR count). The number of alkyl halides is 1. The van der Waals surface area contributed by atoms with Gasteiger partial charge in [-0.3, -0.25) is 4.90 Å². The molecule has 0 radical (unpaired) electrons. The Labute approximate surface area is 106 Å². The van der Waals surface area contributed by atoms with Gasteiger partial charge in [-0.05, 0) is 24.1 Å². The normalized spacial score (nSPS) is 19.2. The van der Waals surface area contributed by atoms with Gasteiger partial charge in [-0.15, -0.1) is 0 Å². The van der Waals surface area contributed by atoms with Crippen molar-refractivity contribution in [2.24, 2.45) is 0 Å². The van der Waals surface area contributed by atoms with Crippen LogP contribution in [0.1, 0.15) is 18.9 Å². The molecule has 1 saturated heterocycles. The Bertz CT molecular complexity index is 343. The monoisotopic (exact) mass is 283 g/mol. The second-order valence-electron chi connectivity index (χ2n) is 4.50. The van der Waals surface area contributed by atoms with Crippen molar-refractivity contribution in [3.8, 4) is 5.75 Å².